The van der Waals surface area contributed by atoms with Gasteiger partial charge in [-0.3, -0.25) is 0 Å². The molecule has 0 spiro atoms. The highest BCUT2D eigenvalue weighted by atomic mass is 32.2. The van der Waals surface area contributed by atoms with Crippen molar-refractivity contribution in [3.05, 3.63) is 0 Å². The molecule has 0 aromatic rings. The van der Waals surface area contributed by atoms with E-state index in [9.17, 15) is 8.42 Å². The number of nitrogens with one attached hydrogen (secondary N) is 1. The Balaban J connectivity index is 3.06. The Bertz CT molecular complexity index is 228. The molecule has 0 rings (SSSR count). The zero-order valence-corrected chi connectivity index (χ0v) is 10.5. The summed E-state index contributed by atoms with van der Waals surface area (Å²) in [7, 11) is -3.27. The molecule has 0 atom stereocenters. The normalized spacial score (nSPS) is 11.9. The number of primary sulfonamides is 1. The molecule has 0 saturated carbocycles. The van der Waals surface area contributed by atoms with Crippen molar-refractivity contribution >= 4 is 10.0 Å². The van der Waals surface area contributed by atoms with Gasteiger partial charge in [-0.05, 0) is 25.9 Å². The van der Waals surface area contributed by atoms with E-state index in [4.69, 9.17) is 5.14 Å². The van der Waals surface area contributed by atoms with Crippen LogP contribution in [0.2, 0.25) is 0 Å². The molecule has 0 heterocycles. The Labute approximate surface area is 93.7 Å². The molecule has 0 aliphatic carbocycles. The van der Waals surface area contributed by atoms with Gasteiger partial charge in [-0.15, -0.1) is 0 Å². The van der Waals surface area contributed by atoms with Crippen molar-refractivity contribution < 1.29 is 8.42 Å². The maximum Gasteiger partial charge on any atom is 0.209 e. The fraction of sp³-hybridized carbons (Fsp3) is 1.00. The van der Waals surface area contributed by atoms with E-state index in [2.05, 4.69) is 12.2 Å². The van der Waals surface area contributed by atoms with Crippen LogP contribution in [-0.2, 0) is 10.0 Å². The summed E-state index contributed by atoms with van der Waals surface area (Å²) in [5, 5.41) is 8.09. The minimum absolute atomic E-state index is 0.0792. The molecule has 0 amide bonds. The fourth-order valence-corrected chi connectivity index (χ4v) is 1.92. The Morgan fingerprint density at radius 1 is 1.00 bits per heavy atom. The minimum Gasteiger partial charge on any atom is -0.317 e. The lowest BCUT2D eigenvalue weighted by atomic mass is 10.1. The van der Waals surface area contributed by atoms with Crippen molar-refractivity contribution in [2.24, 2.45) is 5.14 Å². The largest absolute Gasteiger partial charge is 0.317 e. The van der Waals surface area contributed by atoms with Crippen LogP contribution in [0.4, 0.5) is 0 Å². The maximum absolute atomic E-state index is 10.6. The predicted molar refractivity (Wildman–Crippen MR) is 64.2 cm³/mol. The summed E-state index contributed by atoms with van der Waals surface area (Å²) in [4.78, 5) is 0. The number of sulfonamides is 1. The average Bonchev–Trinajstić information content (AvgIpc) is 2.14. The Hall–Kier alpha value is -0.130. The van der Waals surface area contributed by atoms with Gasteiger partial charge in [0.25, 0.3) is 0 Å². The van der Waals surface area contributed by atoms with Gasteiger partial charge < -0.3 is 5.32 Å². The summed E-state index contributed by atoms with van der Waals surface area (Å²) in [5.74, 6) is 0.0792. The molecule has 4 nitrogen and oxygen atoms in total. The standard InChI is InChI=1S/C10H24N2O2S/c1-2-3-4-5-6-8-12-9-7-10-15(11,13)14/h12H,2-10H2,1H3,(H2,11,13,14). The quantitative estimate of drug-likeness (QED) is 0.560. The highest BCUT2D eigenvalue weighted by Gasteiger charge is 2.00. The maximum atomic E-state index is 10.6. The SMILES string of the molecule is CCCCCCCNCCCS(N)(=O)=O. The Morgan fingerprint density at radius 3 is 2.20 bits per heavy atom. The van der Waals surface area contributed by atoms with Gasteiger partial charge in [0.15, 0.2) is 0 Å². The van der Waals surface area contributed by atoms with E-state index in [-0.39, 0.29) is 5.75 Å². The molecule has 15 heavy (non-hydrogen) atoms. The van der Waals surface area contributed by atoms with Gasteiger partial charge in [0.05, 0.1) is 5.75 Å². The molecule has 0 aromatic carbocycles. The summed E-state index contributed by atoms with van der Waals surface area (Å²) in [6.07, 6.45) is 6.92. The van der Waals surface area contributed by atoms with Gasteiger partial charge in [0, 0.05) is 0 Å². The van der Waals surface area contributed by atoms with Gasteiger partial charge in [0.2, 0.25) is 10.0 Å². The second kappa shape index (κ2) is 9.12. The zero-order valence-electron chi connectivity index (χ0n) is 9.67. The summed E-state index contributed by atoms with van der Waals surface area (Å²) >= 11 is 0. The summed E-state index contributed by atoms with van der Waals surface area (Å²) in [5.41, 5.74) is 0. The first kappa shape index (κ1) is 14.9. The lowest BCUT2D eigenvalue weighted by Gasteiger charge is -2.03. The molecular formula is C10H24N2O2S. The van der Waals surface area contributed by atoms with E-state index < -0.39 is 10.0 Å². The van der Waals surface area contributed by atoms with Crippen molar-refractivity contribution in [3.63, 3.8) is 0 Å². The highest BCUT2D eigenvalue weighted by Crippen LogP contribution is 2.00. The van der Waals surface area contributed by atoms with Gasteiger partial charge in [-0.25, -0.2) is 13.6 Å². The van der Waals surface area contributed by atoms with Gasteiger partial charge in [-0.1, -0.05) is 32.6 Å². The molecule has 5 heteroatoms. The third-order valence-corrected chi connectivity index (χ3v) is 3.10. The van der Waals surface area contributed by atoms with Crippen LogP contribution >= 0.6 is 0 Å². The van der Waals surface area contributed by atoms with Gasteiger partial charge in [0.1, 0.15) is 0 Å². The van der Waals surface area contributed by atoms with Crippen LogP contribution < -0.4 is 10.5 Å². The van der Waals surface area contributed by atoms with E-state index in [1.165, 1.54) is 32.1 Å². The Morgan fingerprint density at radius 2 is 1.60 bits per heavy atom. The minimum atomic E-state index is -3.27. The van der Waals surface area contributed by atoms with E-state index >= 15 is 0 Å². The molecule has 0 aromatic heterocycles. The van der Waals surface area contributed by atoms with Gasteiger partial charge in [-0.2, -0.15) is 0 Å². The summed E-state index contributed by atoms with van der Waals surface area (Å²) in [6, 6.07) is 0. The van der Waals surface area contributed by atoms with Crippen LogP contribution in [0.15, 0.2) is 0 Å². The van der Waals surface area contributed by atoms with E-state index in [0.29, 0.717) is 6.42 Å². The van der Waals surface area contributed by atoms with Crippen molar-refractivity contribution in [2.45, 2.75) is 45.4 Å². The molecule has 0 aliphatic rings. The van der Waals surface area contributed by atoms with Crippen LogP contribution in [-0.4, -0.2) is 27.3 Å². The van der Waals surface area contributed by atoms with Crippen LogP contribution in [0.25, 0.3) is 0 Å². The van der Waals surface area contributed by atoms with Crippen LogP contribution in [0.5, 0.6) is 0 Å². The van der Waals surface area contributed by atoms with Crippen molar-refractivity contribution in [3.8, 4) is 0 Å². The third-order valence-electron chi connectivity index (χ3n) is 2.24. The van der Waals surface area contributed by atoms with Crippen molar-refractivity contribution in [1.29, 1.82) is 0 Å². The molecule has 3 N–H and O–H groups in total. The fourth-order valence-electron chi connectivity index (χ4n) is 1.38. The molecule has 0 unspecified atom stereocenters. The summed E-state index contributed by atoms with van der Waals surface area (Å²) in [6.45, 7) is 3.92. The van der Waals surface area contributed by atoms with Gasteiger partial charge >= 0.3 is 0 Å². The lowest BCUT2D eigenvalue weighted by Crippen LogP contribution is -2.22. The number of nitrogens with two attached hydrogens (primary N) is 1. The third kappa shape index (κ3) is 13.9. The zero-order chi connectivity index (χ0) is 11.6. The molecule has 0 aliphatic heterocycles. The monoisotopic (exact) mass is 236 g/mol. The molecule has 0 radical (unpaired) electrons. The first-order valence-electron chi connectivity index (χ1n) is 5.77. The van der Waals surface area contributed by atoms with Crippen molar-refractivity contribution in [1.82, 2.24) is 5.32 Å². The van der Waals surface area contributed by atoms with E-state index in [0.717, 1.165) is 13.1 Å². The molecule has 92 valence electrons. The number of hydrogen-bond donors (Lipinski definition) is 2. The first-order valence-corrected chi connectivity index (χ1v) is 7.49. The Kier molecular flexibility index (Phi) is 9.04. The molecule has 0 saturated heterocycles. The van der Waals surface area contributed by atoms with E-state index in [1.807, 2.05) is 0 Å². The van der Waals surface area contributed by atoms with Crippen LogP contribution in [0.3, 0.4) is 0 Å². The number of unbranched alkanes of at least 4 members (excludes halogenated alkanes) is 4. The average molecular weight is 236 g/mol. The van der Waals surface area contributed by atoms with E-state index in [1.54, 1.807) is 0 Å². The topological polar surface area (TPSA) is 72.2 Å². The van der Waals surface area contributed by atoms with Crippen LogP contribution in [0, 0.1) is 0 Å². The first-order chi connectivity index (χ1) is 7.06. The highest BCUT2D eigenvalue weighted by molar-refractivity contribution is 7.89. The number of rotatable bonds is 10. The second-order valence-electron chi connectivity index (χ2n) is 3.88. The molecular weight excluding hydrogens is 212 g/mol. The molecule has 0 bridgehead atoms. The van der Waals surface area contributed by atoms with Crippen molar-refractivity contribution in [2.75, 3.05) is 18.8 Å². The van der Waals surface area contributed by atoms with Crippen LogP contribution in [0.1, 0.15) is 45.4 Å². The molecule has 0 fully saturated rings. The lowest BCUT2D eigenvalue weighted by molar-refractivity contribution is 0.572. The number of hydrogen-bond acceptors (Lipinski definition) is 3. The second-order valence-corrected chi connectivity index (χ2v) is 5.62. The summed E-state index contributed by atoms with van der Waals surface area (Å²) < 4.78 is 21.2. The predicted octanol–water partition coefficient (Wildman–Crippen LogP) is 1.22. The smallest absolute Gasteiger partial charge is 0.209 e.